The van der Waals surface area contributed by atoms with Gasteiger partial charge in [-0.15, -0.1) is 0 Å². The zero-order valence-corrected chi connectivity index (χ0v) is 18.7. The average molecular weight is 426 g/mol. The smallest absolute Gasteiger partial charge is 0.291 e. The van der Waals surface area contributed by atoms with E-state index in [4.69, 9.17) is 9.41 Å². The summed E-state index contributed by atoms with van der Waals surface area (Å²) in [7, 11) is 0. The second-order valence-corrected chi connectivity index (χ2v) is 7.98. The summed E-state index contributed by atoms with van der Waals surface area (Å²) >= 11 is 0. The first-order chi connectivity index (χ1) is 15.2. The van der Waals surface area contributed by atoms with Crippen molar-refractivity contribution in [2.75, 3.05) is 31.5 Å². The molecular formula is C24H35N5O2. The lowest BCUT2D eigenvalue weighted by atomic mass is 10.0. The van der Waals surface area contributed by atoms with Gasteiger partial charge in [-0.2, -0.15) is 0 Å². The molecule has 7 heteroatoms. The van der Waals surface area contributed by atoms with Crippen molar-refractivity contribution in [3.05, 3.63) is 54.0 Å². The van der Waals surface area contributed by atoms with Crippen LogP contribution < -0.4 is 16.0 Å². The lowest BCUT2D eigenvalue weighted by Gasteiger charge is -2.33. The van der Waals surface area contributed by atoms with Crippen molar-refractivity contribution in [2.45, 2.75) is 52.1 Å². The van der Waals surface area contributed by atoms with E-state index in [1.54, 1.807) is 12.1 Å². The first-order valence-corrected chi connectivity index (χ1v) is 11.4. The lowest BCUT2D eigenvalue weighted by Crippen LogP contribution is -2.41. The van der Waals surface area contributed by atoms with Crippen LogP contribution in [0.2, 0.25) is 0 Å². The van der Waals surface area contributed by atoms with Crippen molar-refractivity contribution in [1.29, 1.82) is 0 Å². The molecule has 0 radical (unpaired) electrons. The highest BCUT2D eigenvalue weighted by Gasteiger charge is 2.17. The van der Waals surface area contributed by atoms with Gasteiger partial charge in [0.2, 0.25) is 0 Å². The molecule has 0 spiro atoms. The number of aliphatic imine (C=N–C) groups is 1. The Bertz CT molecular complexity index is 817. The van der Waals surface area contributed by atoms with E-state index in [-0.39, 0.29) is 5.91 Å². The van der Waals surface area contributed by atoms with Crippen molar-refractivity contribution in [1.82, 2.24) is 15.5 Å². The Kier molecular flexibility index (Phi) is 8.97. The molecule has 1 aromatic carbocycles. The van der Waals surface area contributed by atoms with Crippen LogP contribution in [0.5, 0.6) is 0 Å². The highest BCUT2D eigenvalue weighted by molar-refractivity contribution is 6.02. The van der Waals surface area contributed by atoms with Crippen LogP contribution in [0.3, 0.4) is 0 Å². The number of amides is 1. The number of anilines is 1. The second-order valence-electron chi connectivity index (χ2n) is 7.98. The van der Waals surface area contributed by atoms with Gasteiger partial charge >= 0.3 is 0 Å². The Labute approximate surface area is 185 Å². The Morgan fingerprint density at radius 2 is 2.03 bits per heavy atom. The number of carbonyl (C=O) groups excluding carboxylic acids is 1. The van der Waals surface area contributed by atoms with Gasteiger partial charge < -0.3 is 25.3 Å². The molecule has 2 aromatic rings. The van der Waals surface area contributed by atoms with Crippen LogP contribution in [0, 0.1) is 0 Å². The third kappa shape index (κ3) is 7.43. The summed E-state index contributed by atoms with van der Waals surface area (Å²) in [6.07, 6.45) is 6.61. The van der Waals surface area contributed by atoms with Crippen LogP contribution in [0.1, 0.15) is 55.6 Å². The summed E-state index contributed by atoms with van der Waals surface area (Å²) in [5, 5.41) is 9.58. The van der Waals surface area contributed by atoms with Crippen molar-refractivity contribution in [3.8, 4) is 0 Å². The number of guanidine groups is 1. The Balaban J connectivity index is 1.44. The van der Waals surface area contributed by atoms with Gasteiger partial charge in [0.05, 0.1) is 12.8 Å². The fourth-order valence-electron chi connectivity index (χ4n) is 3.78. The number of piperidine rings is 1. The van der Waals surface area contributed by atoms with Gasteiger partial charge in [0, 0.05) is 31.4 Å². The largest absolute Gasteiger partial charge is 0.459 e. The number of nitrogens with zero attached hydrogens (tertiary/aromatic N) is 2. The van der Waals surface area contributed by atoms with Gasteiger partial charge in [-0.3, -0.25) is 4.79 Å². The molecule has 1 unspecified atom stereocenters. The minimum Gasteiger partial charge on any atom is -0.459 e. The summed E-state index contributed by atoms with van der Waals surface area (Å²) in [5.41, 5.74) is 1.81. The molecular weight excluding hydrogens is 390 g/mol. The topological polar surface area (TPSA) is 81.9 Å². The number of benzene rings is 1. The number of rotatable bonds is 9. The number of furan rings is 1. The van der Waals surface area contributed by atoms with Crippen LogP contribution in [0.15, 0.2) is 52.1 Å². The quantitative estimate of drug-likeness (QED) is 0.323. The van der Waals surface area contributed by atoms with E-state index in [1.807, 2.05) is 24.3 Å². The summed E-state index contributed by atoms with van der Waals surface area (Å²) in [6.45, 7) is 9.09. The summed E-state index contributed by atoms with van der Waals surface area (Å²) in [5.74, 6) is 0.877. The monoisotopic (exact) mass is 425 g/mol. The SMILES string of the molecule is CCNC(=NCc1ccc(NC(=O)c2ccco2)cc1)NCCCN1CCCCC1C. The van der Waals surface area contributed by atoms with E-state index in [0.29, 0.717) is 18.3 Å². The molecule has 7 nitrogen and oxygen atoms in total. The minimum absolute atomic E-state index is 0.256. The van der Waals surface area contributed by atoms with E-state index < -0.39 is 0 Å². The fraction of sp³-hybridized carbons (Fsp3) is 0.500. The van der Waals surface area contributed by atoms with Crippen LogP contribution in [0.4, 0.5) is 5.69 Å². The summed E-state index contributed by atoms with van der Waals surface area (Å²) < 4.78 is 5.11. The van der Waals surface area contributed by atoms with Crippen molar-refractivity contribution in [2.24, 2.45) is 4.99 Å². The predicted octanol–water partition coefficient (Wildman–Crippen LogP) is 3.85. The molecule has 168 valence electrons. The van der Waals surface area contributed by atoms with Crippen LogP contribution in [-0.4, -0.2) is 49.0 Å². The van der Waals surface area contributed by atoms with Crippen molar-refractivity contribution >= 4 is 17.6 Å². The van der Waals surface area contributed by atoms with E-state index in [1.165, 1.54) is 32.1 Å². The van der Waals surface area contributed by atoms with E-state index in [2.05, 4.69) is 34.7 Å². The number of likely N-dealkylation sites (tertiary alicyclic amines) is 1. The van der Waals surface area contributed by atoms with Crippen LogP contribution >= 0.6 is 0 Å². The lowest BCUT2D eigenvalue weighted by molar-refractivity contribution is 0.0996. The molecule has 3 rings (SSSR count). The van der Waals surface area contributed by atoms with E-state index in [9.17, 15) is 4.79 Å². The molecule has 3 N–H and O–H groups in total. The zero-order valence-electron chi connectivity index (χ0n) is 18.7. The summed E-state index contributed by atoms with van der Waals surface area (Å²) in [6, 6.07) is 11.8. The third-order valence-corrected chi connectivity index (χ3v) is 5.58. The third-order valence-electron chi connectivity index (χ3n) is 5.58. The fourth-order valence-corrected chi connectivity index (χ4v) is 3.78. The summed E-state index contributed by atoms with van der Waals surface area (Å²) in [4.78, 5) is 19.3. The second kappa shape index (κ2) is 12.2. The Morgan fingerprint density at radius 3 is 2.74 bits per heavy atom. The van der Waals surface area contributed by atoms with Crippen LogP contribution in [-0.2, 0) is 6.54 Å². The molecule has 0 aliphatic carbocycles. The van der Waals surface area contributed by atoms with Crippen molar-refractivity contribution in [3.63, 3.8) is 0 Å². The molecule has 0 saturated carbocycles. The minimum atomic E-state index is -0.256. The highest BCUT2D eigenvalue weighted by atomic mass is 16.3. The maximum atomic E-state index is 12.0. The number of hydrogen-bond donors (Lipinski definition) is 3. The van der Waals surface area contributed by atoms with Gasteiger partial charge in [0.25, 0.3) is 5.91 Å². The highest BCUT2D eigenvalue weighted by Crippen LogP contribution is 2.16. The number of nitrogens with one attached hydrogen (secondary N) is 3. The van der Waals surface area contributed by atoms with Gasteiger partial charge in [-0.05, 0) is 69.5 Å². The maximum absolute atomic E-state index is 12.0. The van der Waals surface area contributed by atoms with Crippen molar-refractivity contribution < 1.29 is 9.21 Å². The van der Waals surface area contributed by atoms with Gasteiger partial charge in [0.1, 0.15) is 0 Å². The molecule has 1 aliphatic rings. The van der Waals surface area contributed by atoms with Gasteiger partial charge in [-0.25, -0.2) is 4.99 Å². The average Bonchev–Trinajstić information content (AvgIpc) is 3.32. The molecule has 0 bridgehead atoms. The Hall–Kier alpha value is -2.80. The van der Waals surface area contributed by atoms with Gasteiger partial charge in [0.15, 0.2) is 11.7 Å². The molecule has 1 saturated heterocycles. The van der Waals surface area contributed by atoms with Gasteiger partial charge in [-0.1, -0.05) is 18.6 Å². The predicted molar refractivity (Wildman–Crippen MR) is 125 cm³/mol. The molecule has 2 heterocycles. The normalized spacial score (nSPS) is 17.4. The van der Waals surface area contributed by atoms with E-state index in [0.717, 1.165) is 43.3 Å². The maximum Gasteiger partial charge on any atom is 0.291 e. The molecule has 1 aromatic heterocycles. The molecule has 1 aliphatic heterocycles. The molecule has 31 heavy (non-hydrogen) atoms. The van der Waals surface area contributed by atoms with Crippen LogP contribution in [0.25, 0.3) is 0 Å². The first kappa shape index (κ1) is 22.9. The molecule has 1 amide bonds. The molecule has 1 fully saturated rings. The standard InChI is InChI=1S/C24H35N5O2/c1-3-25-24(26-14-7-16-29-15-5-4-8-19(29)2)27-18-20-10-12-21(13-11-20)28-23(30)22-9-6-17-31-22/h6,9-13,17,19H,3-5,7-8,14-16,18H2,1-2H3,(H,28,30)(H2,25,26,27). The zero-order chi connectivity index (χ0) is 21.9. The molecule has 1 atom stereocenters. The number of carbonyl (C=O) groups is 1. The first-order valence-electron chi connectivity index (χ1n) is 11.4. The Morgan fingerprint density at radius 1 is 1.19 bits per heavy atom. The number of hydrogen-bond acceptors (Lipinski definition) is 4. The van der Waals surface area contributed by atoms with E-state index >= 15 is 0 Å².